The van der Waals surface area contributed by atoms with Crippen LogP contribution in [-0.2, 0) is 24.3 Å². The van der Waals surface area contributed by atoms with Crippen molar-refractivity contribution in [1.29, 1.82) is 0 Å². The molecule has 8 nitrogen and oxygen atoms in total. The van der Waals surface area contributed by atoms with Crippen LogP contribution in [0.15, 0.2) is 41.3 Å². The van der Waals surface area contributed by atoms with E-state index in [0.717, 1.165) is 31.8 Å². The molecule has 182 valence electrons. The van der Waals surface area contributed by atoms with Gasteiger partial charge in [-0.05, 0) is 49.6 Å². The van der Waals surface area contributed by atoms with Gasteiger partial charge >= 0.3 is 5.97 Å². The van der Waals surface area contributed by atoms with Crippen LogP contribution in [0.25, 0.3) is 6.08 Å². The molecule has 0 atom stereocenters. The molecule has 0 aliphatic carbocycles. The highest BCUT2D eigenvalue weighted by atomic mass is 35.5. The SMILES string of the molecule is Cc1nc(NC(=O)COC(=O)C=Cc2ccc(S(=O)(=O)N3CCCCCC3)cc2)c(Cl)cc1Cl. The molecule has 2 aromatic rings. The zero-order valence-electron chi connectivity index (χ0n) is 18.6. The van der Waals surface area contributed by atoms with Crippen molar-refractivity contribution in [3.05, 3.63) is 57.7 Å². The number of amides is 1. The van der Waals surface area contributed by atoms with Crippen LogP contribution in [0.4, 0.5) is 5.82 Å². The number of aryl methyl sites for hydroxylation is 1. The smallest absolute Gasteiger partial charge is 0.331 e. The maximum absolute atomic E-state index is 12.8. The number of rotatable bonds is 7. The molecule has 0 radical (unpaired) electrons. The first-order valence-corrected chi connectivity index (χ1v) is 12.9. The predicted octanol–water partition coefficient (Wildman–Crippen LogP) is 4.46. The van der Waals surface area contributed by atoms with E-state index in [-0.39, 0.29) is 15.7 Å². The van der Waals surface area contributed by atoms with Crippen molar-refractivity contribution in [3.63, 3.8) is 0 Å². The van der Waals surface area contributed by atoms with Gasteiger partial charge in [0.1, 0.15) is 0 Å². The molecule has 3 rings (SSSR count). The van der Waals surface area contributed by atoms with Crippen LogP contribution in [0.1, 0.15) is 36.9 Å². The summed E-state index contributed by atoms with van der Waals surface area (Å²) in [6, 6.07) is 7.71. The van der Waals surface area contributed by atoms with E-state index < -0.39 is 28.5 Å². The summed E-state index contributed by atoms with van der Waals surface area (Å²) in [7, 11) is -3.53. The number of sulfonamides is 1. The first-order valence-electron chi connectivity index (χ1n) is 10.7. The second kappa shape index (κ2) is 11.8. The lowest BCUT2D eigenvalue weighted by atomic mass is 10.2. The van der Waals surface area contributed by atoms with Crippen molar-refractivity contribution in [2.45, 2.75) is 37.5 Å². The van der Waals surface area contributed by atoms with E-state index in [1.807, 2.05) is 0 Å². The molecule has 1 aliphatic heterocycles. The van der Waals surface area contributed by atoms with Crippen LogP contribution in [0.3, 0.4) is 0 Å². The Morgan fingerprint density at radius 3 is 2.38 bits per heavy atom. The lowest BCUT2D eigenvalue weighted by Crippen LogP contribution is -2.31. The summed E-state index contributed by atoms with van der Waals surface area (Å²) in [5, 5.41) is 2.99. The number of nitrogens with one attached hydrogen (secondary N) is 1. The minimum Gasteiger partial charge on any atom is -0.452 e. The van der Waals surface area contributed by atoms with Gasteiger partial charge in [0, 0.05) is 19.2 Å². The quantitative estimate of drug-likeness (QED) is 0.422. The van der Waals surface area contributed by atoms with Crippen molar-refractivity contribution in [3.8, 4) is 0 Å². The van der Waals surface area contributed by atoms with Gasteiger partial charge in [0.2, 0.25) is 10.0 Å². The fourth-order valence-electron chi connectivity index (χ4n) is 3.35. The van der Waals surface area contributed by atoms with Crippen molar-refractivity contribution >= 4 is 57.0 Å². The molecule has 1 aromatic carbocycles. The second-order valence-electron chi connectivity index (χ2n) is 7.76. The van der Waals surface area contributed by atoms with Gasteiger partial charge in [0.05, 0.1) is 20.6 Å². The van der Waals surface area contributed by atoms with Crippen LogP contribution in [0, 0.1) is 6.92 Å². The van der Waals surface area contributed by atoms with Crippen molar-refractivity contribution < 1.29 is 22.7 Å². The molecule has 0 unspecified atom stereocenters. The average Bonchev–Trinajstić information content (AvgIpc) is 3.10. The molecule has 11 heteroatoms. The molecule has 1 fully saturated rings. The normalized spacial score (nSPS) is 15.1. The summed E-state index contributed by atoms with van der Waals surface area (Å²) in [6.45, 7) is 2.19. The average molecular weight is 526 g/mol. The molecule has 1 aromatic heterocycles. The third-order valence-corrected chi connectivity index (χ3v) is 7.79. The van der Waals surface area contributed by atoms with Crippen LogP contribution < -0.4 is 5.32 Å². The van der Waals surface area contributed by atoms with Crippen LogP contribution in [-0.4, -0.2) is 49.3 Å². The fourth-order valence-corrected chi connectivity index (χ4v) is 5.27. The molecule has 0 spiro atoms. The van der Waals surface area contributed by atoms with E-state index in [1.165, 1.54) is 28.6 Å². The van der Waals surface area contributed by atoms with E-state index in [4.69, 9.17) is 27.9 Å². The number of nitrogens with zero attached hydrogens (tertiary/aromatic N) is 2. The Morgan fingerprint density at radius 1 is 1.09 bits per heavy atom. The minimum absolute atomic E-state index is 0.121. The minimum atomic E-state index is -3.53. The number of ether oxygens (including phenoxy) is 1. The van der Waals surface area contributed by atoms with E-state index in [9.17, 15) is 18.0 Å². The molecule has 1 N–H and O–H groups in total. The monoisotopic (exact) mass is 525 g/mol. The highest BCUT2D eigenvalue weighted by Crippen LogP contribution is 2.25. The molecule has 34 heavy (non-hydrogen) atoms. The van der Waals surface area contributed by atoms with E-state index in [2.05, 4.69) is 10.3 Å². The van der Waals surface area contributed by atoms with Gasteiger partial charge in [-0.15, -0.1) is 0 Å². The van der Waals surface area contributed by atoms with Gasteiger partial charge in [0.25, 0.3) is 5.91 Å². The second-order valence-corrected chi connectivity index (χ2v) is 10.5. The summed E-state index contributed by atoms with van der Waals surface area (Å²) in [4.78, 5) is 28.3. The number of esters is 1. The Balaban J connectivity index is 1.52. The number of carbonyl (C=O) groups excluding carboxylic acids is 2. The van der Waals surface area contributed by atoms with Crippen molar-refractivity contribution in [1.82, 2.24) is 9.29 Å². The third-order valence-electron chi connectivity index (χ3n) is 5.20. The van der Waals surface area contributed by atoms with Crippen LogP contribution >= 0.6 is 23.2 Å². The topological polar surface area (TPSA) is 106 Å². The van der Waals surface area contributed by atoms with E-state index in [1.54, 1.807) is 19.1 Å². The number of benzene rings is 1. The number of aromatic nitrogens is 1. The molecule has 2 heterocycles. The maximum atomic E-state index is 12.8. The first-order chi connectivity index (χ1) is 16.2. The zero-order valence-corrected chi connectivity index (χ0v) is 20.9. The van der Waals surface area contributed by atoms with Gasteiger partial charge in [-0.3, -0.25) is 4.79 Å². The highest BCUT2D eigenvalue weighted by Gasteiger charge is 2.24. The highest BCUT2D eigenvalue weighted by molar-refractivity contribution is 7.89. The lowest BCUT2D eigenvalue weighted by Gasteiger charge is -2.19. The summed E-state index contributed by atoms with van der Waals surface area (Å²) < 4.78 is 32.1. The van der Waals surface area contributed by atoms with E-state index in [0.29, 0.717) is 29.4 Å². The zero-order chi connectivity index (χ0) is 24.7. The maximum Gasteiger partial charge on any atom is 0.331 e. The summed E-state index contributed by atoms with van der Waals surface area (Å²) in [5.74, 6) is -1.22. The Morgan fingerprint density at radius 2 is 1.74 bits per heavy atom. The number of pyridine rings is 1. The predicted molar refractivity (Wildman–Crippen MR) is 131 cm³/mol. The number of carbonyl (C=O) groups is 2. The van der Waals surface area contributed by atoms with Gasteiger partial charge in [-0.1, -0.05) is 48.2 Å². The third kappa shape index (κ3) is 7.02. The first kappa shape index (κ1) is 26.2. The van der Waals surface area contributed by atoms with Gasteiger partial charge in [-0.2, -0.15) is 4.31 Å². The Bertz CT molecular complexity index is 1180. The van der Waals surface area contributed by atoms with Crippen LogP contribution in [0.5, 0.6) is 0 Å². The Hall–Kier alpha value is -2.46. The van der Waals surface area contributed by atoms with Gasteiger partial charge in [0.15, 0.2) is 12.4 Å². The van der Waals surface area contributed by atoms with Gasteiger partial charge < -0.3 is 10.1 Å². The van der Waals surface area contributed by atoms with E-state index >= 15 is 0 Å². The Kier molecular flexibility index (Phi) is 9.07. The summed E-state index contributed by atoms with van der Waals surface area (Å²) in [5.41, 5.74) is 1.11. The van der Waals surface area contributed by atoms with Crippen LogP contribution in [0.2, 0.25) is 10.0 Å². The fraction of sp³-hybridized carbons (Fsp3) is 0.348. The lowest BCUT2D eigenvalue weighted by molar-refractivity contribution is -0.142. The molecule has 0 saturated carbocycles. The number of anilines is 1. The largest absolute Gasteiger partial charge is 0.452 e. The molecule has 1 aliphatic rings. The standard InChI is InChI=1S/C23H25Cl2N3O5S/c1-16-19(24)14-20(25)23(26-16)27-21(29)15-33-22(30)11-8-17-6-9-18(10-7-17)34(31,32)28-12-4-2-3-5-13-28/h6-11,14H,2-5,12-13,15H2,1H3,(H,26,27,29). The van der Waals surface area contributed by atoms with Crippen molar-refractivity contribution in [2.24, 2.45) is 0 Å². The molecule has 1 saturated heterocycles. The molecular weight excluding hydrogens is 501 g/mol. The number of hydrogen-bond acceptors (Lipinski definition) is 6. The molecule has 1 amide bonds. The van der Waals surface area contributed by atoms with Crippen molar-refractivity contribution in [2.75, 3.05) is 25.0 Å². The molecular formula is C23H25Cl2N3O5S. The summed E-state index contributed by atoms with van der Waals surface area (Å²) >= 11 is 11.9. The summed E-state index contributed by atoms with van der Waals surface area (Å²) in [6.07, 6.45) is 6.44. The molecule has 0 bridgehead atoms. The number of hydrogen-bond donors (Lipinski definition) is 1. The number of halogens is 2. The Labute approximate surface area is 209 Å². The van der Waals surface area contributed by atoms with Gasteiger partial charge in [-0.25, -0.2) is 18.2 Å².